The number of hydrogen-bond donors (Lipinski definition) is 2. The number of aryl methyl sites for hydroxylation is 2. The lowest BCUT2D eigenvalue weighted by Gasteiger charge is -2.20. The number of nitrogens with one attached hydrogen (secondary N) is 1. The molecule has 1 atom stereocenters. The van der Waals surface area contributed by atoms with Crippen molar-refractivity contribution in [2.24, 2.45) is 10.7 Å². The van der Waals surface area contributed by atoms with Crippen LogP contribution in [0.4, 0.5) is 18.9 Å². The minimum Gasteiger partial charge on any atom is -0.465 e. The van der Waals surface area contributed by atoms with Crippen LogP contribution in [0.3, 0.4) is 0 Å². The van der Waals surface area contributed by atoms with Gasteiger partial charge in [0.1, 0.15) is 5.82 Å². The lowest BCUT2D eigenvalue weighted by molar-refractivity contribution is -0.105. The van der Waals surface area contributed by atoms with Crippen molar-refractivity contribution in [3.63, 3.8) is 0 Å². The van der Waals surface area contributed by atoms with Crippen LogP contribution in [0.1, 0.15) is 36.3 Å². The van der Waals surface area contributed by atoms with Gasteiger partial charge in [0.15, 0.2) is 0 Å². The first-order valence-electron chi connectivity index (χ1n) is 8.80. The Balaban J connectivity index is 0.000000294. The Morgan fingerprint density at radius 1 is 1.31 bits per heavy atom. The molecule has 158 valence electrons. The summed E-state index contributed by atoms with van der Waals surface area (Å²) in [7, 11) is 0. The van der Waals surface area contributed by atoms with E-state index in [-0.39, 0.29) is 17.9 Å². The number of carbonyl (C=O) groups is 1. The number of anilines is 1. The minimum atomic E-state index is -1.75. The highest BCUT2D eigenvalue weighted by Gasteiger charge is 2.20. The highest BCUT2D eigenvalue weighted by Crippen LogP contribution is 2.28. The molecular weight excluding hydrogens is 387 g/mol. The molecule has 1 aliphatic rings. The van der Waals surface area contributed by atoms with Crippen molar-refractivity contribution >= 4 is 18.1 Å². The van der Waals surface area contributed by atoms with Gasteiger partial charge in [0, 0.05) is 30.1 Å². The number of hydrogen-bond acceptors (Lipinski definition) is 6. The van der Waals surface area contributed by atoms with Crippen molar-refractivity contribution in [3.8, 4) is 0 Å². The van der Waals surface area contributed by atoms with E-state index in [9.17, 15) is 18.0 Å². The highest BCUT2D eigenvalue weighted by atomic mass is 19.3. The van der Waals surface area contributed by atoms with E-state index in [0.717, 1.165) is 17.8 Å². The summed E-state index contributed by atoms with van der Waals surface area (Å²) in [6.45, 7) is 2.66. The largest absolute Gasteiger partial charge is 0.465 e. The number of benzene rings is 1. The Morgan fingerprint density at radius 2 is 2.03 bits per heavy atom. The Kier molecular flexibility index (Phi) is 10.8. The fourth-order valence-electron chi connectivity index (χ4n) is 2.31. The van der Waals surface area contributed by atoms with E-state index in [0.29, 0.717) is 30.7 Å². The smallest absolute Gasteiger partial charge is 0.282 e. The van der Waals surface area contributed by atoms with Gasteiger partial charge in [-0.2, -0.15) is 0 Å². The van der Waals surface area contributed by atoms with Crippen LogP contribution in [0.25, 0.3) is 0 Å². The van der Waals surface area contributed by atoms with Crippen molar-refractivity contribution in [2.45, 2.75) is 32.7 Å². The number of halogens is 3. The number of carbonyl (C=O) groups excluding carboxylic acids is 1. The van der Waals surface area contributed by atoms with Gasteiger partial charge in [0.25, 0.3) is 6.02 Å². The monoisotopic (exact) mass is 411 g/mol. The molecule has 2 heterocycles. The molecule has 29 heavy (non-hydrogen) atoms. The van der Waals surface area contributed by atoms with Crippen molar-refractivity contribution in [1.82, 2.24) is 9.97 Å². The SMILES string of the molecule is CCc1cnc(C)cn1.FCF.NC1=NC(c2cc(NC=O)ccc2F)CCO1. The Hall–Kier alpha value is -3.17. The zero-order chi connectivity index (χ0) is 21.6. The molecule has 1 aliphatic heterocycles. The van der Waals surface area contributed by atoms with Crippen molar-refractivity contribution in [3.05, 3.63) is 53.4 Å². The van der Waals surface area contributed by atoms with E-state index >= 15 is 0 Å². The Bertz CT molecular complexity index is 788. The molecule has 0 saturated heterocycles. The van der Waals surface area contributed by atoms with E-state index in [1.807, 2.05) is 13.1 Å². The summed E-state index contributed by atoms with van der Waals surface area (Å²) in [4.78, 5) is 22.6. The maximum atomic E-state index is 13.7. The minimum absolute atomic E-state index is 0.0643. The van der Waals surface area contributed by atoms with Gasteiger partial charge >= 0.3 is 0 Å². The first-order chi connectivity index (χ1) is 13.9. The van der Waals surface area contributed by atoms with Gasteiger partial charge < -0.3 is 15.8 Å². The van der Waals surface area contributed by atoms with Crippen LogP contribution in [-0.4, -0.2) is 35.9 Å². The number of rotatable bonds is 4. The average Bonchev–Trinajstić information content (AvgIpc) is 2.71. The molecule has 1 aromatic heterocycles. The third-order valence-corrected chi connectivity index (χ3v) is 3.70. The molecule has 3 rings (SSSR count). The summed E-state index contributed by atoms with van der Waals surface area (Å²) < 4.78 is 37.9. The van der Waals surface area contributed by atoms with Crippen molar-refractivity contribution in [2.75, 3.05) is 18.9 Å². The predicted molar refractivity (Wildman–Crippen MR) is 104 cm³/mol. The summed E-state index contributed by atoms with van der Waals surface area (Å²) >= 11 is 0. The molecule has 0 saturated carbocycles. The van der Waals surface area contributed by atoms with E-state index in [2.05, 4.69) is 27.2 Å². The number of aromatic nitrogens is 2. The molecule has 0 aliphatic carbocycles. The lowest BCUT2D eigenvalue weighted by Crippen LogP contribution is -2.24. The highest BCUT2D eigenvalue weighted by molar-refractivity contribution is 5.73. The summed E-state index contributed by atoms with van der Waals surface area (Å²) in [5.41, 5.74) is 8.41. The van der Waals surface area contributed by atoms with Crippen LogP contribution < -0.4 is 11.1 Å². The average molecular weight is 411 g/mol. The van der Waals surface area contributed by atoms with Crippen LogP contribution >= 0.6 is 0 Å². The van der Waals surface area contributed by atoms with Crippen molar-refractivity contribution in [1.29, 1.82) is 0 Å². The zero-order valence-corrected chi connectivity index (χ0v) is 16.2. The summed E-state index contributed by atoms with van der Waals surface area (Å²) in [5, 5.41) is 2.47. The second-order valence-electron chi connectivity index (χ2n) is 5.72. The maximum Gasteiger partial charge on any atom is 0.282 e. The van der Waals surface area contributed by atoms with E-state index in [1.54, 1.807) is 12.3 Å². The molecule has 0 spiro atoms. The number of aliphatic imine (C=N–C) groups is 1. The van der Waals surface area contributed by atoms with Crippen molar-refractivity contribution < 1.29 is 22.7 Å². The molecule has 7 nitrogen and oxygen atoms in total. The van der Waals surface area contributed by atoms with Gasteiger partial charge in [-0.25, -0.2) is 18.2 Å². The molecule has 10 heteroatoms. The van der Waals surface area contributed by atoms with E-state index in [1.165, 1.54) is 12.1 Å². The van der Waals surface area contributed by atoms with Crippen LogP contribution in [0, 0.1) is 12.7 Å². The van der Waals surface area contributed by atoms with Crippen LogP contribution in [0.15, 0.2) is 35.6 Å². The third kappa shape index (κ3) is 8.58. The fourth-order valence-corrected chi connectivity index (χ4v) is 2.31. The first kappa shape index (κ1) is 23.9. The normalized spacial score (nSPS) is 14.8. The number of ether oxygens (including phenoxy) is 1. The Morgan fingerprint density at radius 3 is 2.59 bits per heavy atom. The molecule has 0 fully saturated rings. The standard InChI is InChI=1S/C11H12FN3O2.C7H10N2.CH2F2/c12-9-2-1-7(14-6-16)5-8(9)10-3-4-17-11(13)15-10;1-3-7-5-8-6(2)4-9-7;2-1-3/h1-2,5-6,10H,3-4H2,(H2,13,15)(H,14,16);4-5H,3H2,1-2H3;1H2. The second kappa shape index (κ2) is 13.1. The summed E-state index contributed by atoms with van der Waals surface area (Å²) in [6, 6.07) is 4.03. The van der Waals surface area contributed by atoms with Gasteiger partial charge in [0.05, 0.1) is 24.0 Å². The molecule has 1 aromatic carbocycles. The van der Waals surface area contributed by atoms with Gasteiger partial charge in [-0.1, -0.05) is 6.92 Å². The predicted octanol–water partition coefficient (Wildman–Crippen LogP) is 3.40. The number of nitrogens with zero attached hydrogens (tertiary/aromatic N) is 3. The molecule has 2 aromatic rings. The van der Waals surface area contributed by atoms with Gasteiger partial charge in [0.2, 0.25) is 13.3 Å². The molecule has 0 bridgehead atoms. The van der Waals surface area contributed by atoms with Crippen LogP contribution in [0.5, 0.6) is 0 Å². The molecule has 0 radical (unpaired) electrons. The van der Waals surface area contributed by atoms with Gasteiger partial charge in [-0.3, -0.25) is 14.8 Å². The summed E-state index contributed by atoms with van der Waals surface area (Å²) in [5.74, 6) is -0.370. The quantitative estimate of drug-likeness (QED) is 0.751. The summed E-state index contributed by atoms with van der Waals surface area (Å²) in [6.07, 6.45) is 5.67. The Labute approximate surface area is 167 Å². The van der Waals surface area contributed by atoms with Gasteiger partial charge in [-0.05, 0) is 31.5 Å². The number of amides is 1. The van der Waals surface area contributed by atoms with E-state index in [4.69, 9.17) is 10.5 Å². The fraction of sp³-hybridized carbons (Fsp3) is 0.368. The molecule has 3 N–H and O–H groups in total. The number of alkyl halides is 2. The molecular formula is C19H24F3N5O2. The number of amidine groups is 1. The zero-order valence-electron chi connectivity index (χ0n) is 16.2. The molecule has 1 amide bonds. The third-order valence-electron chi connectivity index (χ3n) is 3.70. The van der Waals surface area contributed by atoms with Crippen LogP contribution in [-0.2, 0) is 16.0 Å². The number of nitrogens with two attached hydrogens (primary N) is 1. The topological polar surface area (TPSA) is 102 Å². The first-order valence-corrected chi connectivity index (χ1v) is 8.80. The van der Waals surface area contributed by atoms with Crippen LogP contribution in [0.2, 0.25) is 0 Å². The maximum absolute atomic E-state index is 13.7. The molecule has 1 unspecified atom stereocenters. The lowest BCUT2D eigenvalue weighted by atomic mass is 10.0. The van der Waals surface area contributed by atoms with E-state index < -0.39 is 6.93 Å². The second-order valence-corrected chi connectivity index (χ2v) is 5.72. The van der Waals surface area contributed by atoms with Gasteiger partial charge in [-0.15, -0.1) is 0 Å².